The van der Waals surface area contributed by atoms with Crippen molar-refractivity contribution in [1.82, 2.24) is 9.72 Å². The Kier molecular flexibility index (Phi) is 6.22. The van der Waals surface area contributed by atoms with Crippen molar-refractivity contribution in [2.45, 2.75) is 33.3 Å². The molecule has 8 heteroatoms. The highest BCUT2D eigenvalue weighted by molar-refractivity contribution is 9.10. The summed E-state index contributed by atoms with van der Waals surface area (Å²) in [6.45, 7) is 6.78. The molecule has 2 aromatic heterocycles. The minimum absolute atomic E-state index is 0.118. The van der Waals surface area contributed by atoms with Gasteiger partial charge in [0.2, 0.25) is 5.78 Å². The molecule has 3 aromatic rings. The van der Waals surface area contributed by atoms with Gasteiger partial charge in [-0.1, -0.05) is 6.07 Å². The van der Waals surface area contributed by atoms with Gasteiger partial charge in [-0.3, -0.25) is 14.4 Å². The summed E-state index contributed by atoms with van der Waals surface area (Å²) in [6.07, 6.45) is 1.81. The second kappa shape index (κ2) is 8.55. The van der Waals surface area contributed by atoms with Crippen molar-refractivity contribution in [1.29, 1.82) is 0 Å². The van der Waals surface area contributed by atoms with Crippen LogP contribution < -0.4 is 11.1 Å². The van der Waals surface area contributed by atoms with Crippen LogP contribution in [0.25, 0.3) is 5.52 Å². The van der Waals surface area contributed by atoms with Gasteiger partial charge in [-0.25, -0.2) is 0 Å². The molecular formula is C23H24BrN3O4. The number of carbonyl (C=O) groups excluding carboxylic acids is 3. The van der Waals surface area contributed by atoms with Gasteiger partial charge in [0.15, 0.2) is 0 Å². The Balaban J connectivity index is 1.88. The van der Waals surface area contributed by atoms with E-state index >= 15 is 0 Å². The Labute approximate surface area is 188 Å². The van der Waals surface area contributed by atoms with Crippen LogP contribution in [-0.2, 0) is 9.53 Å². The molecular weight excluding hydrogens is 462 g/mol. The normalized spacial score (nSPS) is 11.4. The number of rotatable bonds is 5. The maximum Gasteiger partial charge on any atom is 0.325 e. The van der Waals surface area contributed by atoms with E-state index in [1.807, 2.05) is 31.3 Å². The number of esters is 1. The molecule has 162 valence electrons. The molecule has 1 amide bonds. The fourth-order valence-corrected chi connectivity index (χ4v) is 3.74. The number of nitrogens with one attached hydrogen (secondary N) is 1. The average molecular weight is 486 g/mol. The van der Waals surface area contributed by atoms with Crippen molar-refractivity contribution in [2.24, 2.45) is 0 Å². The molecule has 3 rings (SSSR count). The van der Waals surface area contributed by atoms with Crippen molar-refractivity contribution in [2.75, 3.05) is 12.3 Å². The fourth-order valence-electron chi connectivity index (χ4n) is 3.23. The molecule has 0 saturated carbocycles. The molecule has 0 fully saturated rings. The number of ether oxygens (including phenoxy) is 1. The molecule has 31 heavy (non-hydrogen) atoms. The number of nitrogens with zero attached hydrogens (tertiary/aromatic N) is 1. The molecule has 0 radical (unpaired) electrons. The summed E-state index contributed by atoms with van der Waals surface area (Å²) in [5, 5.41) is 2.50. The first-order chi connectivity index (χ1) is 14.5. The third kappa shape index (κ3) is 4.80. The number of pyridine rings is 1. The first-order valence-corrected chi connectivity index (χ1v) is 10.5. The van der Waals surface area contributed by atoms with Crippen molar-refractivity contribution >= 4 is 44.8 Å². The van der Waals surface area contributed by atoms with E-state index in [2.05, 4.69) is 21.2 Å². The molecule has 2 heterocycles. The lowest BCUT2D eigenvalue weighted by atomic mass is 10.0. The zero-order valence-corrected chi connectivity index (χ0v) is 19.4. The molecule has 3 N–H and O–H groups in total. The van der Waals surface area contributed by atoms with Gasteiger partial charge >= 0.3 is 5.97 Å². The minimum atomic E-state index is -0.653. The van der Waals surface area contributed by atoms with Crippen LogP contribution in [0.4, 0.5) is 5.69 Å². The van der Waals surface area contributed by atoms with Gasteiger partial charge in [0, 0.05) is 21.9 Å². The summed E-state index contributed by atoms with van der Waals surface area (Å²) in [6, 6.07) is 10.2. The Morgan fingerprint density at radius 2 is 1.87 bits per heavy atom. The van der Waals surface area contributed by atoms with E-state index in [1.165, 1.54) is 12.1 Å². The molecule has 0 aliphatic carbocycles. The lowest BCUT2D eigenvalue weighted by molar-refractivity contribution is -0.153. The quantitative estimate of drug-likeness (QED) is 0.324. The first-order valence-electron chi connectivity index (χ1n) is 9.69. The van der Waals surface area contributed by atoms with Crippen LogP contribution >= 0.6 is 15.9 Å². The van der Waals surface area contributed by atoms with Crippen LogP contribution in [0.3, 0.4) is 0 Å². The lowest BCUT2D eigenvalue weighted by Gasteiger charge is -2.19. The number of ketones is 1. The zero-order valence-electron chi connectivity index (χ0n) is 17.8. The summed E-state index contributed by atoms with van der Waals surface area (Å²) in [5.74, 6) is -1.37. The van der Waals surface area contributed by atoms with Gasteiger partial charge in [0.25, 0.3) is 5.91 Å². The summed E-state index contributed by atoms with van der Waals surface area (Å²) in [5.41, 5.74) is 8.10. The Hall–Kier alpha value is -3.13. The van der Waals surface area contributed by atoms with E-state index in [1.54, 1.807) is 31.2 Å². The molecule has 0 spiro atoms. The number of nitrogens with two attached hydrogens (primary N) is 1. The first kappa shape index (κ1) is 22.6. The summed E-state index contributed by atoms with van der Waals surface area (Å²) in [4.78, 5) is 37.8. The average Bonchev–Trinajstić information content (AvgIpc) is 2.95. The third-order valence-electron chi connectivity index (χ3n) is 4.60. The van der Waals surface area contributed by atoms with Gasteiger partial charge in [0.1, 0.15) is 12.1 Å². The second-order valence-electron chi connectivity index (χ2n) is 8.14. The Morgan fingerprint density at radius 3 is 2.55 bits per heavy atom. The van der Waals surface area contributed by atoms with Gasteiger partial charge in [-0.05, 0) is 79.5 Å². The van der Waals surface area contributed by atoms with E-state index in [4.69, 9.17) is 10.5 Å². The van der Waals surface area contributed by atoms with E-state index < -0.39 is 17.5 Å². The molecule has 0 aliphatic rings. The van der Waals surface area contributed by atoms with E-state index in [0.29, 0.717) is 11.3 Å². The highest BCUT2D eigenvalue weighted by Crippen LogP contribution is 2.30. The van der Waals surface area contributed by atoms with Crippen LogP contribution in [0, 0.1) is 6.92 Å². The number of aromatic nitrogens is 1. The molecule has 7 nitrogen and oxygen atoms in total. The standard InChI is InChI=1S/C23H24BrN3O4/c1-13-19(24)17-7-5-6-10-27(17)20(13)21(29)14-8-9-16(25)15(11-14)22(30)26-12-18(28)31-23(2,3)4/h5-11H,12,25H2,1-4H3,(H,26,30). The topological polar surface area (TPSA) is 103 Å². The SMILES string of the molecule is Cc1c(Br)c2ccccn2c1C(=O)c1ccc(N)c(C(=O)NCC(=O)OC(C)(C)C)c1. The van der Waals surface area contributed by atoms with E-state index in [9.17, 15) is 14.4 Å². The molecule has 0 bridgehead atoms. The molecule has 0 aliphatic heterocycles. The number of benzene rings is 1. The lowest BCUT2D eigenvalue weighted by Crippen LogP contribution is -2.35. The van der Waals surface area contributed by atoms with E-state index in [0.717, 1.165) is 15.6 Å². The van der Waals surface area contributed by atoms with Crippen LogP contribution in [-0.4, -0.2) is 34.2 Å². The largest absolute Gasteiger partial charge is 0.459 e. The number of carbonyl (C=O) groups is 3. The van der Waals surface area contributed by atoms with Crippen LogP contribution in [0.2, 0.25) is 0 Å². The summed E-state index contributed by atoms with van der Waals surface area (Å²) < 4.78 is 7.83. The van der Waals surface area contributed by atoms with Crippen molar-refractivity contribution in [3.63, 3.8) is 0 Å². The van der Waals surface area contributed by atoms with Gasteiger partial charge < -0.3 is 20.2 Å². The van der Waals surface area contributed by atoms with Crippen molar-refractivity contribution < 1.29 is 19.1 Å². The third-order valence-corrected chi connectivity index (χ3v) is 5.60. The maximum atomic E-state index is 13.3. The number of nitrogen functional groups attached to an aromatic ring is 1. The number of anilines is 1. The smallest absolute Gasteiger partial charge is 0.325 e. The predicted octanol–water partition coefficient (Wildman–Crippen LogP) is 3.89. The molecule has 0 unspecified atom stereocenters. The summed E-state index contributed by atoms with van der Waals surface area (Å²) in [7, 11) is 0. The number of halogens is 1. The van der Waals surface area contributed by atoms with Crippen LogP contribution in [0.15, 0.2) is 47.1 Å². The monoisotopic (exact) mass is 485 g/mol. The van der Waals surface area contributed by atoms with Gasteiger partial charge in [-0.15, -0.1) is 0 Å². The zero-order chi connectivity index (χ0) is 22.9. The number of hydrogen-bond donors (Lipinski definition) is 2. The number of fused-ring (bicyclic) bond motifs is 1. The van der Waals surface area contributed by atoms with Crippen molar-refractivity contribution in [3.05, 3.63) is 69.5 Å². The number of amides is 1. The summed E-state index contributed by atoms with van der Waals surface area (Å²) >= 11 is 3.55. The highest BCUT2D eigenvalue weighted by Gasteiger charge is 2.23. The number of hydrogen-bond acceptors (Lipinski definition) is 5. The molecule has 1 aromatic carbocycles. The maximum absolute atomic E-state index is 13.3. The highest BCUT2D eigenvalue weighted by atomic mass is 79.9. The van der Waals surface area contributed by atoms with Gasteiger partial charge in [0.05, 0.1) is 16.8 Å². The van der Waals surface area contributed by atoms with Crippen LogP contribution in [0.5, 0.6) is 0 Å². The predicted molar refractivity (Wildman–Crippen MR) is 122 cm³/mol. The molecule has 0 saturated heterocycles. The second-order valence-corrected chi connectivity index (χ2v) is 8.94. The van der Waals surface area contributed by atoms with E-state index in [-0.39, 0.29) is 23.6 Å². The van der Waals surface area contributed by atoms with Gasteiger partial charge in [-0.2, -0.15) is 0 Å². The minimum Gasteiger partial charge on any atom is -0.459 e. The Bertz CT molecular complexity index is 1190. The fraction of sp³-hybridized carbons (Fsp3) is 0.261. The molecule has 0 atom stereocenters. The van der Waals surface area contributed by atoms with Crippen LogP contribution in [0.1, 0.15) is 52.7 Å². The Morgan fingerprint density at radius 1 is 1.16 bits per heavy atom. The van der Waals surface area contributed by atoms with Crippen molar-refractivity contribution in [3.8, 4) is 0 Å².